The molecule has 1 nitrogen and oxygen atoms in total. The lowest BCUT2D eigenvalue weighted by Crippen LogP contribution is -1.87. The van der Waals surface area contributed by atoms with E-state index in [1.807, 2.05) is 13.8 Å². The van der Waals surface area contributed by atoms with Crippen LogP contribution in [0.4, 0.5) is 4.39 Å². The minimum atomic E-state index is -0.571. The van der Waals surface area contributed by atoms with Crippen molar-refractivity contribution in [3.63, 3.8) is 0 Å². The molecular weight excluding hydrogens is 129 g/mol. The van der Waals surface area contributed by atoms with E-state index in [9.17, 15) is 4.39 Å². The summed E-state index contributed by atoms with van der Waals surface area (Å²) >= 11 is 0. The van der Waals surface area contributed by atoms with Crippen molar-refractivity contribution in [2.45, 2.75) is 13.8 Å². The molecule has 56 valence electrons. The Morgan fingerprint density at radius 3 is 2.40 bits per heavy atom. The molecule has 0 radical (unpaired) electrons. The second-order valence-electron chi connectivity index (χ2n) is 2.35. The van der Waals surface area contributed by atoms with Crippen molar-refractivity contribution >= 4 is 6.72 Å². The van der Waals surface area contributed by atoms with Gasteiger partial charge in [0.25, 0.3) is 0 Å². The molecule has 0 unspecified atom stereocenters. The van der Waals surface area contributed by atoms with Gasteiger partial charge in [-0.25, -0.2) is 4.99 Å². The quantitative estimate of drug-likeness (QED) is 0.325. The lowest BCUT2D eigenvalue weighted by atomic mass is 10.1. The maximum Gasteiger partial charge on any atom is 0.212 e. The molecule has 0 bridgehead atoms. The largest absolute Gasteiger partial charge is 0.236 e. The molecule has 0 rings (SSSR count). The normalized spacial score (nSPS) is 11.8. The smallest absolute Gasteiger partial charge is 0.212 e. The summed E-state index contributed by atoms with van der Waals surface area (Å²) in [4.78, 5) is 3.09. The van der Waals surface area contributed by atoms with Crippen LogP contribution in [0.1, 0.15) is 13.8 Å². The Morgan fingerprint density at radius 1 is 1.60 bits per heavy atom. The lowest BCUT2D eigenvalue weighted by Gasteiger charge is -2.01. The molecule has 10 heavy (non-hydrogen) atoms. The van der Waals surface area contributed by atoms with Crippen LogP contribution in [0.5, 0.6) is 0 Å². The van der Waals surface area contributed by atoms with E-state index in [2.05, 4.69) is 18.3 Å². The van der Waals surface area contributed by atoms with Gasteiger partial charge in [0.05, 0.1) is 0 Å². The molecule has 0 atom stereocenters. The number of allylic oxidation sites excluding steroid dienone is 2. The molecule has 0 saturated heterocycles. The van der Waals surface area contributed by atoms with E-state index in [0.29, 0.717) is 0 Å². The van der Waals surface area contributed by atoms with Crippen LogP contribution >= 0.6 is 0 Å². The van der Waals surface area contributed by atoms with Crippen molar-refractivity contribution in [3.8, 4) is 0 Å². The third-order valence-corrected chi connectivity index (χ3v) is 1.20. The third kappa shape index (κ3) is 3.17. The first-order valence-electron chi connectivity index (χ1n) is 3.10. The molecule has 0 aliphatic carbocycles. The summed E-state index contributed by atoms with van der Waals surface area (Å²) < 4.78 is 12.3. The van der Waals surface area contributed by atoms with E-state index >= 15 is 0 Å². The van der Waals surface area contributed by atoms with Crippen molar-refractivity contribution < 1.29 is 4.39 Å². The first-order chi connectivity index (χ1) is 4.57. The van der Waals surface area contributed by atoms with E-state index in [0.717, 1.165) is 5.57 Å². The Hall–Kier alpha value is -0.920. The zero-order valence-electron chi connectivity index (χ0n) is 6.39. The van der Waals surface area contributed by atoms with Crippen molar-refractivity contribution in [2.75, 3.05) is 0 Å². The van der Waals surface area contributed by atoms with Crippen LogP contribution in [0.2, 0.25) is 0 Å². The predicted octanol–water partition coefficient (Wildman–Crippen LogP) is 2.71. The molecule has 0 aromatic carbocycles. The van der Waals surface area contributed by atoms with Gasteiger partial charge in [0.15, 0.2) is 0 Å². The molecule has 0 N–H and O–H groups in total. The fourth-order valence-corrected chi connectivity index (χ4v) is 0.365. The molecule has 0 aromatic heterocycles. The second-order valence-corrected chi connectivity index (χ2v) is 2.35. The standard InChI is InChI=1S/C8H12FN/c1-6(2)7(3)5-8(9)10-4/h5-6H,3-4H2,1-2H3/b8-5-. The van der Waals surface area contributed by atoms with E-state index in [4.69, 9.17) is 0 Å². The predicted molar refractivity (Wildman–Crippen MR) is 42.7 cm³/mol. The van der Waals surface area contributed by atoms with Crippen LogP contribution in [0.3, 0.4) is 0 Å². The van der Waals surface area contributed by atoms with Crippen molar-refractivity contribution in [3.05, 3.63) is 24.2 Å². The van der Waals surface area contributed by atoms with Gasteiger partial charge >= 0.3 is 0 Å². The fraction of sp³-hybridized carbons (Fsp3) is 0.375. The highest BCUT2D eigenvalue weighted by Gasteiger charge is 1.97. The van der Waals surface area contributed by atoms with Gasteiger partial charge in [-0.15, -0.1) is 0 Å². The highest BCUT2D eigenvalue weighted by molar-refractivity contribution is 5.29. The maximum absolute atomic E-state index is 12.3. The van der Waals surface area contributed by atoms with Crippen LogP contribution in [0.25, 0.3) is 0 Å². The average molecular weight is 141 g/mol. The number of aliphatic imine (C=N–C) groups is 1. The highest BCUT2D eigenvalue weighted by atomic mass is 19.1. The van der Waals surface area contributed by atoms with Gasteiger partial charge in [-0.2, -0.15) is 4.39 Å². The van der Waals surface area contributed by atoms with Crippen LogP contribution in [0.15, 0.2) is 29.2 Å². The minimum Gasteiger partial charge on any atom is -0.236 e. The van der Waals surface area contributed by atoms with Crippen LogP contribution < -0.4 is 0 Å². The van der Waals surface area contributed by atoms with E-state index < -0.39 is 5.95 Å². The van der Waals surface area contributed by atoms with Gasteiger partial charge in [-0.05, 0) is 24.3 Å². The SMILES string of the molecule is C=N/C(F)=C\C(=C)C(C)C. The summed E-state index contributed by atoms with van der Waals surface area (Å²) in [7, 11) is 0. The number of rotatable bonds is 3. The van der Waals surface area contributed by atoms with Crippen LogP contribution in [-0.4, -0.2) is 6.72 Å². The third-order valence-electron chi connectivity index (χ3n) is 1.20. The molecule has 0 fully saturated rings. The Bertz CT molecular complexity index is 168. The van der Waals surface area contributed by atoms with Crippen molar-refractivity contribution in [1.29, 1.82) is 0 Å². The van der Waals surface area contributed by atoms with E-state index in [1.165, 1.54) is 6.08 Å². The van der Waals surface area contributed by atoms with Gasteiger partial charge in [-0.3, -0.25) is 0 Å². The Kier molecular flexibility index (Phi) is 3.62. The fourth-order valence-electron chi connectivity index (χ4n) is 0.365. The number of halogens is 1. The first kappa shape index (κ1) is 9.08. The topological polar surface area (TPSA) is 12.4 Å². The average Bonchev–Trinajstić information content (AvgIpc) is 1.87. The molecule has 0 heterocycles. The second kappa shape index (κ2) is 3.99. The molecule has 0 aromatic rings. The van der Waals surface area contributed by atoms with Gasteiger partial charge < -0.3 is 0 Å². The molecule has 2 heteroatoms. The van der Waals surface area contributed by atoms with Crippen LogP contribution in [0, 0.1) is 5.92 Å². The van der Waals surface area contributed by atoms with Crippen molar-refractivity contribution in [2.24, 2.45) is 10.9 Å². The molecule has 0 spiro atoms. The summed E-state index contributed by atoms with van der Waals surface area (Å²) in [6.45, 7) is 10.6. The van der Waals surface area contributed by atoms with Gasteiger partial charge in [0, 0.05) is 0 Å². The minimum absolute atomic E-state index is 0.257. The first-order valence-corrected chi connectivity index (χ1v) is 3.10. The van der Waals surface area contributed by atoms with Gasteiger partial charge in [-0.1, -0.05) is 20.4 Å². The van der Waals surface area contributed by atoms with Gasteiger partial charge in [0.1, 0.15) is 0 Å². The molecule has 0 aliphatic rings. The molecule has 0 saturated carbocycles. The van der Waals surface area contributed by atoms with Gasteiger partial charge in [0.2, 0.25) is 5.95 Å². The summed E-state index contributed by atoms with van der Waals surface area (Å²) in [6, 6.07) is 0. The number of hydrogen-bond acceptors (Lipinski definition) is 1. The Labute approximate surface area is 61.0 Å². The van der Waals surface area contributed by atoms with Crippen LogP contribution in [-0.2, 0) is 0 Å². The number of nitrogens with zero attached hydrogens (tertiary/aromatic N) is 1. The maximum atomic E-state index is 12.3. The zero-order chi connectivity index (χ0) is 8.15. The highest BCUT2D eigenvalue weighted by Crippen LogP contribution is 2.11. The Morgan fingerprint density at radius 2 is 2.10 bits per heavy atom. The zero-order valence-corrected chi connectivity index (χ0v) is 6.39. The lowest BCUT2D eigenvalue weighted by molar-refractivity contribution is 0.625. The summed E-state index contributed by atoms with van der Waals surface area (Å²) in [6.07, 6.45) is 1.29. The summed E-state index contributed by atoms with van der Waals surface area (Å²) in [5, 5.41) is 0. The summed E-state index contributed by atoms with van der Waals surface area (Å²) in [5.41, 5.74) is 0.727. The molecule has 0 aliphatic heterocycles. The Balaban J connectivity index is 4.13. The number of hydrogen-bond donors (Lipinski definition) is 0. The van der Waals surface area contributed by atoms with E-state index in [-0.39, 0.29) is 5.92 Å². The summed E-state index contributed by atoms with van der Waals surface area (Å²) in [5.74, 6) is -0.314. The molecular formula is C8H12FN. The molecule has 0 amide bonds. The monoisotopic (exact) mass is 141 g/mol. The van der Waals surface area contributed by atoms with E-state index in [1.54, 1.807) is 0 Å². The van der Waals surface area contributed by atoms with Crippen molar-refractivity contribution in [1.82, 2.24) is 0 Å².